The first kappa shape index (κ1) is 10.4. The first-order valence-electron chi connectivity index (χ1n) is 5.39. The van der Waals surface area contributed by atoms with Crippen LogP contribution in [0.1, 0.15) is 38.5 Å². The van der Waals surface area contributed by atoms with Crippen molar-refractivity contribution in [3.63, 3.8) is 0 Å². The van der Waals surface area contributed by atoms with Gasteiger partial charge in [0.2, 0.25) is 11.6 Å². The van der Waals surface area contributed by atoms with Gasteiger partial charge in [-0.15, -0.1) is 0 Å². The molecule has 0 unspecified atom stereocenters. The van der Waals surface area contributed by atoms with Gasteiger partial charge in [-0.3, -0.25) is 0 Å². The Balaban J connectivity index is 2.09. The summed E-state index contributed by atoms with van der Waals surface area (Å²) in [6.45, 7) is 1.00. The highest BCUT2D eigenvalue weighted by Crippen LogP contribution is 2.38. The summed E-state index contributed by atoms with van der Waals surface area (Å²) in [5.74, 6) is -2.96. The zero-order valence-electron chi connectivity index (χ0n) is 8.37. The van der Waals surface area contributed by atoms with Crippen molar-refractivity contribution in [2.24, 2.45) is 0 Å². The molecule has 2 fully saturated rings. The molecule has 4 nitrogen and oxygen atoms in total. The standard InChI is InChI=1S/C10H18O4/c11-9(5-1-3-7-13-9)10(12)6-2-4-8-14-10/h11-12H,1-8H2/t9-,10-/m0/s1. The average molecular weight is 202 g/mol. The van der Waals surface area contributed by atoms with Gasteiger partial charge in [0.1, 0.15) is 0 Å². The molecule has 0 bridgehead atoms. The smallest absolute Gasteiger partial charge is 0.221 e. The third kappa shape index (κ3) is 1.67. The van der Waals surface area contributed by atoms with Crippen LogP contribution in [0.3, 0.4) is 0 Å². The molecule has 0 aromatic rings. The fraction of sp³-hybridized carbons (Fsp3) is 1.00. The van der Waals surface area contributed by atoms with Crippen molar-refractivity contribution in [1.29, 1.82) is 0 Å². The van der Waals surface area contributed by atoms with E-state index in [2.05, 4.69) is 0 Å². The maximum atomic E-state index is 10.2. The zero-order valence-corrected chi connectivity index (χ0v) is 8.37. The Morgan fingerprint density at radius 3 is 1.43 bits per heavy atom. The van der Waals surface area contributed by atoms with Crippen molar-refractivity contribution in [1.82, 2.24) is 0 Å². The molecule has 2 aliphatic heterocycles. The van der Waals surface area contributed by atoms with Crippen LogP contribution in [0, 0.1) is 0 Å². The summed E-state index contributed by atoms with van der Waals surface area (Å²) < 4.78 is 10.6. The van der Waals surface area contributed by atoms with Gasteiger partial charge < -0.3 is 19.7 Å². The molecule has 14 heavy (non-hydrogen) atoms. The molecule has 2 rings (SSSR count). The number of hydrogen-bond donors (Lipinski definition) is 2. The van der Waals surface area contributed by atoms with E-state index >= 15 is 0 Å². The van der Waals surface area contributed by atoms with Crippen molar-refractivity contribution in [3.8, 4) is 0 Å². The van der Waals surface area contributed by atoms with Gasteiger partial charge in [0.15, 0.2) is 0 Å². The van der Waals surface area contributed by atoms with Crippen molar-refractivity contribution in [3.05, 3.63) is 0 Å². The van der Waals surface area contributed by atoms with E-state index in [0.717, 1.165) is 25.7 Å². The fourth-order valence-electron chi connectivity index (χ4n) is 2.18. The van der Waals surface area contributed by atoms with Crippen LogP contribution in [-0.2, 0) is 9.47 Å². The molecule has 0 amide bonds. The monoisotopic (exact) mass is 202 g/mol. The fourth-order valence-corrected chi connectivity index (χ4v) is 2.18. The quantitative estimate of drug-likeness (QED) is 0.659. The van der Waals surface area contributed by atoms with Gasteiger partial charge in [0, 0.05) is 12.8 Å². The SMILES string of the molecule is O[C@@]1([C@]2(O)CCCCO2)CCCCO1. The molecular formula is C10H18O4. The van der Waals surface area contributed by atoms with Crippen LogP contribution in [0.4, 0.5) is 0 Å². The van der Waals surface area contributed by atoms with Crippen LogP contribution in [0.25, 0.3) is 0 Å². The second-order valence-electron chi connectivity index (χ2n) is 4.18. The van der Waals surface area contributed by atoms with Crippen LogP contribution in [0.5, 0.6) is 0 Å². The van der Waals surface area contributed by atoms with Crippen LogP contribution < -0.4 is 0 Å². The predicted octanol–water partition coefficient (Wildman–Crippen LogP) is 0.765. The Bertz CT molecular complexity index is 170. The molecule has 2 atom stereocenters. The Morgan fingerprint density at radius 2 is 1.14 bits per heavy atom. The van der Waals surface area contributed by atoms with Gasteiger partial charge in [-0.25, -0.2) is 0 Å². The van der Waals surface area contributed by atoms with E-state index in [4.69, 9.17) is 9.47 Å². The molecule has 0 aliphatic carbocycles. The summed E-state index contributed by atoms with van der Waals surface area (Å²) in [7, 11) is 0. The van der Waals surface area contributed by atoms with E-state index in [9.17, 15) is 10.2 Å². The number of ether oxygens (including phenoxy) is 2. The molecule has 2 heterocycles. The van der Waals surface area contributed by atoms with Gasteiger partial charge in [-0.1, -0.05) is 0 Å². The normalized spacial score (nSPS) is 45.0. The third-order valence-corrected chi connectivity index (χ3v) is 3.11. The largest absolute Gasteiger partial charge is 0.361 e. The van der Waals surface area contributed by atoms with Crippen LogP contribution in [0.15, 0.2) is 0 Å². The lowest BCUT2D eigenvalue weighted by Crippen LogP contribution is -2.60. The highest BCUT2D eigenvalue weighted by Gasteiger charge is 2.53. The molecule has 0 aromatic heterocycles. The molecular weight excluding hydrogens is 184 g/mol. The number of aliphatic hydroxyl groups is 2. The van der Waals surface area contributed by atoms with E-state index in [1.165, 1.54) is 0 Å². The second-order valence-corrected chi connectivity index (χ2v) is 4.18. The average Bonchev–Trinajstić information content (AvgIpc) is 2.20. The summed E-state index contributed by atoms with van der Waals surface area (Å²) in [6.07, 6.45) is 4.56. The zero-order chi connectivity index (χ0) is 10.1. The summed E-state index contributed by atoms with van der Waals surface area (Å²) in [6, 6.07) is 0. The Kier molecular flexibility index (Phi) is 2.79. The molecule has 0 saturated carbocycles. The van der Waals surface area contributed by atoms with E-state index in [1.807, 2.05) is 0 Å². The molecule has 2 aliphatic rings. The summed E-state index contributed by atoms with van der Waals surface area (Å²) >= 11 is 0. The lowest BCUT2D eigenvalue weighted by atomic mass is 9.91. The molecule has 82 valence electrons. The van der Waals surface area contributed by atoms with Gasteiger partial charge in [0.25, 0.3) is 0 Å². The molecule has 0 radical (unpaired) electrons. The van der Waals surface area contributed by atoms with Crippen LogP contribution in [-0.4, -0.2) is 35.0 Å². The van der Waals surface area contributed by atoms with Crippen LogP contribution >= 0.6 is 0 Å². The van der Waals surface area contributed by atoms with Gasteiger partial charge >= 0.3 is 0 Å². The highest BCUT2D eigenvalue weighted by atomic mass is 16.7. The summed E-state index contributed by atoms with van der Waals surface area (Å²) in [5, 5.41) is 20.3. The number of hydrogen-bond acceptors (Lipinski definition) is 4. The lowest BCUT2D eigenvalue weighted by Gasteiger charge is -2.46. The van der Waals surface area contributed by atoms with E-state index < -0.39 is 11.6 Å². The minimum absolute atomic E-state index is 0.462. The van der Waals surface area contributed by atoms with E-state index in [0.29, 0.717) is 26.1 Å². The highest BCUT2D eigenvalue weighted by molar-refractivity contribution is 4.89. The summed E-state index contributed by atoms with van der Waals surface area (Å²) in [5.41, 5.74) is 0. The minimum Gasteiger partial charge on any atom is -0.361 e. The maximum Gasteiger partial charge on any atom is 0.221 e. The van der Waals surface area contributed by atoms with Crippen molar-refractivity contribution >= 4 is 0 Å². The molecule has 2 saturated heterocycles. The van der Waals surface area contributed by atoms with Crippen LogP contribution in [0.2, 0.25) is 0 Å². The third-order valence-electron chi connectivity index (χ3n) is 3.11. The lowest BCUT2D eigenvalue weighted by molar-refractivity contribution is -0.403. The van der Waals surface area contributed by atoms with Gasteiger partial charge in [-0.2, -0.15) is 0 Å². The first-order chi connectivity index (χ1) is 6.66. The van der Waals surface area contributed by atoms with E-state index in [1.54, 1.807) is 0 Å². The van der Waals surface area contributed by atoms with Gasteiger partial charge in [0.05, 0.1) is 13.2 Å². The minimum atomic E-state index is -1.48. The summed E-state index contributed by atoms with van der Waals surface area (Å²) in [4.78, 5) is 0. The Labute approximate surface area is 83.8 Å². The maximum absolute atomic E-state index is 10.2. The van der Waals surface area contributed by atoms with E-state index in [-0.39, 0.29) is 0 Å². The Hall–Kier alpha value is -0.160. The van der Waals surface area contributed by atoms with Crippen molar-refractivity contribution < 1.29 is 19.7 Å². The molecule has 0 spiro atoms. The second kappa shape index (κ2) is 3.77. The molecule has 0 aromatic carbocycles. The number of rotatable bonds is 1. The first-order valence-corrected chi connectivity index (χ1v) is 5.39. The molecule has 4 heteroatoms. The predicted molar refractivity (Wildman–Crippen MR) is 49.5 cm³/mol. The topological polar surface area (TPSA) is 58.9 Å². The van der Waals surface area contributed by atoms with Crippen molar-refractivity contribution in [2.45, 2.75) is 50.1 Å². The molecule has 2 N–H and O–H groups in total. The van der Waals surface area contributed by atoms with Crippen molar-refractivity contribution in [2.75, 3.05) is 13.2 Å². The Morgan fingerprint density at radius 1 is 0.714 bits per heavy atom. The van der Waals surface area contributed by atoms with Gasteiger partial charge in [-0.05, 0) is 25.7 Å².